The van der Waals surface area contributed by atoms with Crippen LogP contribution in [0.4, 0.5) is 0 Å². The lowest BCUT2D eigenvalue weighted by Gasteiger charge is -2.33. The Kier molecular flexibility index (Phi) is 4.11. The molecule has 100 valence electrons. The molecule has 1 atom stereocenters. The molecule has 0 bridgehead atoms. The Balaban J connectivity index is 1.70. The molecule has 2 aliphatic rings. The minimum absolute atomic E-state index is 0.213. The molecule has 2 rings (SSSR count). The van der Waals surface area contributed by atoms with Crippen LogP contribution in [0.25, 0.3) is 0 Å². The first-order chi connectivity index (χ1) is 7.99. The second-order valence-electron chi connectivity index (χ2n) is 6.53. The molecule has 17 heavy (non-hydrogen) atoms. The van der Waals surface area contributed by atoms with Crippen LogP contribution in [0.1, 0.15) is 58.8 Å². The summed E-state index contributed by atoms with van der Waals surface area (Å²) in [6.07, 6.45) is 9.26. The zero-order valence-electron chi connectivity index (χ0n) is 11.3. The van der Waals surface area contributed by atoms with E-state index in [-0.39, 0.29) is 11.1 Å². The molecule has 2 N–H and O–H groups in total. The van der Waals surface area contributed by atoms with Gasteiger partial charge in [0.05, 0.1) is 24.9 Å². The summed E-state index contributed by atoms with van der Waals surface area (Å²) in [5.74, 6) is 0. The molecule has 0 aromatic heterocycles. The molecule has 0 radical (unpaired) electrons. The van der Waals surface area contributed by atoms with Gasteiger partial charge in [-0.2, -0.15) is 0 Å². The molecule has 2 fully saturated rings. The molecule has 1 spiro atoms. The normalized spacial score (nSPS) is 28.8. The summed E-state index contributed by atoms with van der Waals surface area (Å²) in [6, 6.07) is 0. The van der Waals surface area contributed by atoms with Crippen molar-refractivity contribution in [2.24, 2.45) is 5.73 Å². The molecule has 1 heterocycles. The van der Waals surface area contributed by atoms with Gasteiger partial charge in [-0.05, 0) is 39.5 Å². The van der Waals surface area contributed by atoms with Gasteiger partial charge in [0, 0.05) is 5.54 Å². The fourth-order valence-corrected chi connectivity index (χ4v) is 3.03. The number of ether oxygens (including phenoxy) is 2. The zero-order chi connectivity index (χ0) is 12.4. The van der Waals surface area contributed by atoms with Crippen molar-refractivity contribution in [3.63, 3.8) is 0 Å². The summed E-state index contributed by atoms with van der Waals surface area (Å²) >= 11 is 0. The van der Waals surface area contributed by atoms with Gasteiger partial charge in [0.15, 0.2) is 0 Å². The van der Waals surface area contributed by atoms with Crippen molar-refractivity contribution >= 4 is 0 Å². The highest BCUT2D eigenvalue weighted by atomic mass is 16.6. The van der Waals surface area contributed by atoms with E-state index in [0.29, 0.717) is 19.3 Å². The van der Waals surface area contributed by atoms with Gasteiger partial charge in [0.25, 0.3) is 0 Å². The van der Waals surface area contributed by atoms with E-state index in [4.69, 9.17) is 15.2 Å². The molecule has 0 aromatic rings. The van der Waals surface area contributed by atoms with E-state index in [1.54, 1.807) is 0 Å². The molecule has 1 aliphatic heterocycles. The fraction of sp³-hybridized carbons (Fsp3) is 1.00. The minimum atomic E-state index is -0.235. The van der Waals surface area contributed by atoms with E-state index in [1.807, 2.05) is 13.8 Å². The second kappa shape index (κ2) is 5.25. The van der Waals surface area contributed by atoms with E-state index in [9.17, 15) is 0 Å². The van der Waals surface area contributed by atoms with Gasteiger partial charge in [-0.3, -0.25) is 0 Å². The molecule has 3 nitrogen and oxygen atoms in total. The lowest BCUT2D eigenvalue weighted by atomic mass is 9.83. The Labute approximate surface area is 105 Å². The maximum absolute atomic E-state index is 6.24. The summed E-state index contributed by atoms with van der Waals surface area (Å²) in [7, 11) is 0. The predicted octanol–water partition coefficient (Wildman–Crippen LogP) is 2.62. The Morgan fingerprint density at radius 2 is 1.94 bits per heavy atom. The molecular formula is C14H27NO2. The van der Waals surface area contributed by atoms with E-state index < -0.39 is 0 Å². The number of hydrogen-bond donors (Lipinski definition) is 1. The first kappa shape index (κ1) is 13.3. The van der Waals surface area contributed by atoms with Crippen molar-refractivity contribution in [2.75, 3.05) is 13.2 Å². The van der Waals surface area contributed by atoms with Crippen LogP contribution in [-0.2, 0) is 9.47 Å². The molecule has 0 amide bonds. The Bertz CT molecular complexity index is 241. The third-order valence-electron chi connectivity index (χ3n) is 3.88. The van der Waals surface area contributed by atoms with Crippen molar-refractivity contribution in [3.05, 3.63) is 0 Å². The summed E-state index contributed by atoms with van der Waals surface area (Å²) in [6.45, 7) is 5.30. The van der Waals surface area contributed by atoms with E-state index >= 15 is 0 Å². The van der Waals surface area contributed by atoms with Gasteiger partial charge in [0.1, 0.15) is 0 Å². The Hall–Kier alpha value is -0.120. The molecule has 1 unspecified atom stereocenters. The van der Waals surface area contributed by atoms with Gasteiger partial charge in [-0.1, -0.05) is 19.3 Å². The zero-order valence-corrected chi connectivity index (χ0v) is 11.3. The van der Waals surface area contributed by atoms with Crippen molar-refractivity contribution in [1.82, 2.24) is 0 Å². The Morgan fingerprint density at radius 1 is 1.24 bits per heavy atom. The van der Waals surface area contributed by atoms with Crippen molar-refractivity contribution < 1.29 is 9.47 Å². The minimum Gasteiger partial charge on any atom is -0.377 e. The van der Waals surface area contributed by atoms with E-state index in [0.717, 1.165) is 6.42 Å². The van der Waals surface area contributed by atoms with Crippen LogP contribution in [-0.4, -0.2) is 30.5 Å². The van der Waals surface area contributed by atoms with Crippen LogP contribution in [0.5, 0.6) is 0 Å². The summed E-state index contributed by atoms with van der Waals surface area (Å²) < 4.78 is 11.9. The molecule has 0 aromatic carbocycles. The number of rotatable bonds is 4. The fourth-order valence-electron chi connectivity index (χ4n) is 3.03. The molecule has 1 saturated heterocycles. The topological polar surface area (TPSA) is 44.5 Å². The quantitative estimate of drug-likeness (QED) is 0.823. The summed E-state index contributed by atoms with van der Waals surface area (Å²) in [4.78, 5) is 0. The maximum atomic E-state index is 6.24. The van der Waals surface area contributed by atoms with Crippen LogP contribution in [0, 0.1) is 0 Å². The highest BCUT2D eigenvalue weighted by Crippen LogP contribution is 2.41. The number of hydrogen-bond acceptors (Lipinski definition) is 3. The molecule has 1 saturated carbocycles. The highest BCUT2D eigenvalue weighted by molar-refractivity contribution is 4.91. The average molecular weight is 241 g/mol. The van der Waals surface area contributed by atoms with E-state index in [1.165, 1.54) is 38.5 Å². The monoisotopic (exact) mass is 241 g/mol. The van der Waals surface area contributed by atoms with Crippen LogP contribution in [0.15, 0.2) is 0 Å². The van der Waals surface area contributed by atoms with Crippen LogP contribution >= 0.6 is 0 Å². The van der Waals surface area contributed by atoms with Crippen LogP contribution < -0.4 is 5.73 Å². The smallest absolute Gasteiger partial charge is 0.0817 e. The Morgan fingerprint density at radius 3 is 2.59 bits per heavy atom. The predicted molar refractivity (Wildman–Crippen MR) is 69.0 cm³/mol. The SMILES string of the molecule is CC(C)(N)COCC1CCC2(CCCCC2)O1. The average Bonchev–Trinajstić information content (AvgIpc) is 2.61. The first-order valence-corrected chi connectivity index (χ1v) is 7.04. The summed E-state index contributed by atoms with van der Waals surface area (Å²) in [5, 5.41) is 0. The maximum Gasteiger partial charge on any atom is 0.0817 e. The molecular weight excluding hydrogens is 214 g/mol. The van der Waals surface area contributed by atoms with Gasteiger partial charge in [-0.15, -0.1) is 0 Å². The summed E-state index contributed by atoms with van der Waals surface area (Å²) in [5.41, 5.74) is 5.87. The van der Waals surface area contributed by atoms with Crippen molar-refractivity contribution in [3.8, 4) is 0 Å². The molecule has 3 heteroatoms. The lowest BCUT2D eigenvalue weighted by molar-refractivity contribution is -0.0905. The first-order valence-electron chi connectivity index (χ1n) is 7.04. The van der Waals surface area contributed by atoms with Crippen molar-refractivity contribution in [1.29, 1.82) is 0 Å². The van der Waals surface area contributed by atoms with E-state index in [2.05, 4.69) is 0 Å². The number of nitrogens with two attached hydrogens (primary N) is 1. The van der Waals surface area contributed by atoms with Crippen LogP contribution in [0.3, 0.4) is 0 Å². The largest absolute Gasteiger partial charge is 0.377 e. The van der Waals surface area contributed by atoms with Gasteiger partial charge in [-0.25, -0.2) is 0 Å². The van der Waals surface area contributed by atoms with Gasteiger partial charge < -0.3 is 15.2 Å². The second-order valence-corrected chi connectivity index (χ2v) is 6.53. The van der Waals surface area contributed by atoms with Crippen molar-refractivity contribution in [2.45, 2.75) is 76.0 Å². The van der Waals surface area contributed by atoms with Gasteiger partial charge >= 0.3 is 0 Å². The highest BCUT2D eigenvalue weighted by Gasteiger charge is 2.40. The lowest BCUT2D eigenvalue weighted by Crippen LogP contribution is -2.38. The standard InChI is InChI=1S/C14H27NO2/c1-13(2,15)11-16-10-12-6-9-14(17-12)7-4-3-5-8-14/h12H,3-11,15H2,1-2H3. The third kappa shape index (κ3) is 3.94. The van der Waals surface area contributed by atoms with Crippen LogP contribution in [0.2, 0.25) is 0 Å². The third-order valence-corrected chi connectivity index (χ3v) is 3.88. The molecule has 1 aliphatic carbocycles. The van der Waals surface area contributed by atoms with Gasteiger partial charge in [0.2, 0.25) is 0 Å².